The van der Waals surface area contributed by atoms with Crippen molar-refractivity contribution in [3.05, 3.63) is 71.5 Å². The van der Waals surface area contributed by atoms with E-state index in [9.17, 15) is 14.0 Å². The summed E-state index contributed by atoms with van der Waals surface area (Å²) in [6, 6.07) is 16.4. The van der Waals surface area contributed by atoms with Crippen LogP contribution in [0.2, 0.25) is 0 Å². The van der Waals surface area contributed by atoms with Gasteiger partial charge in [0.1, 0.15) is 12.4 Å². The molecule has 0 spiro atoms. The van der Waals surface area contributed by atoms with E-state index in [1.807, 2.05) is 25.1 Å². The van der Waals surface area contributed by atoms with Crippen molar-refractivity contribution in [3.63, 3.8) is 0 Å². The predicted octanol–water partition coefficient (Wildman–Crippen LogP) is 3.20. The van der Waals surface area contributed by atoms with E-state index in [1.165, 1.54) is 16.5 Å². The Balaban J connectivity index is 1.44. The first-order valence-corrected chi connectivity index (χ1v) is 9.63. The maximum absolute atomic E-state index is 13.8. The molecule has 0 saturated carbocycles. The summed E-state index contributed by atoms with van der Waals surface area (Å²) in [5.41, 5.74) is 1.72. The minimum absolute atomic E-state index is 0.0277. The van der Waals surface area contributed by atoms with Crippen LogP contribution in [0.1, 0.15) is 24.5 Å². The Morgan fingerprint density at radius 1 is 1.07 bits per heavy atom. The van der Waals surface area contributed by atoms with E-state index < -0.39 is 0 Å². The number of halogens is 1. The van der Waals surface area contributed by atoms with Crippen LogP contribution in [-0.4, -0.2) is 47.4 Å². The number of carbonyl (C=O) groups excluding carboxylic acids is 2. The van der Waals surface area contributed by atoms with E-state index in [0.717, 1.165) is 12.8 Å². The number of rotatable bonds is 8. The van der Waals surface area contributed by atoms with Crippen LogP contribution in [-0.2, 0) is 17.8 Å². The number of nitrogens with one attached hydrogen (secondary N) is 1. The zero-order chi connectivity index (χ0) is 19.9. The number of benzene rings is 2. The fourth-order valence-electron chi connectivity index (χ4n) is 3.35. The molecule has 28 heavy (non-hydrogen) atoms. The molecule has 0 aliphatic carbocycles. The fraction of sp³-hybridized carbons (Fsp3) is 0.364. The minimum atomic E-state index is -0.321. The van der Waals surface area contributed by atoms with E-state index in [0.29, 0.717) is 18.7 Å². The minimum Gasteiger partial charge on any atom is -0.352 e. The first-order valence-electron chi connectivity index (χ1n) is 9.63. The first kappa shape index (κ1) is 19.9. The van der Waals surface area contributed by atoms with E-state index in [1.54, 1.807) is 23.1 Å². The Morgan fingerprint density at radius 2 is 1.75 bits per heavy atom. The number of urea groups is 1. The Kier molecular flexibility index (Phi) is 6.63. The number of aryl methyl sites for hydroxylation is 1. The van der Waals surface area contributed by atoms with Crippen molar-refractivity contribution in [1.29, 1.82) is 0 Å². The summed E-state index contributed by atoms with van der Waals surface area (Å²) in [6.45, 7) is 3.18. The lowest BCUT2D eigenvalue weighted by Crippen LogP contribution is -2.42. The predicted molar refractivity (Wildman–Crippen MR) is 106 cm³/mol. The van der Waals surface area contributed by atoms with Gasteiger partial charge in [-0.05, 0) is 31.4 Å². The summed E-state index contributed by atoms with van der Waals surface area (Å²) in [5, 5.41) is 2.96. The molecular weight excluding hydrogens is 357 g/mol. The molecular formula is C22H26FN3O2. The van der Waals surface area contributed by atoms with Gasteiger partial charge in [-0.2, -0.15) is 0 Å². The van der Waals surface area contributed by atoms with Crippen LogP contribution < -0.4 is 5.32 Å². The summed E-state index contributed by atoms with van der Waals surface area (Å²) in [5.74, 6) is -0.486. The van der Waals surface area contributed by atoms with Gasteiger partial charge in [0.05, 0.1) is 6.54 Å². The average Bonchev–Trinajstić information content (AvgIpc) is 3.02. The van der Waals surface area contributed by atoms with Gasteiger partial charge in [0.15, 0.2) is 0 Å². The number of hydrogen-bond donors (Lipinski definition) is 1. The highest BCUT2D eigenvalue weighted by Crippen LogP contribution is 2.15. The molecule has 3 amide bonds. The van der Waals surface area contributed by atoms with E-state index >= 15 is 0 Å². The van der Waals surface area contributed by atoms with Crippen LogP contribution in [0.4, 0.5) is 9.18 Å². The van der Waals surface area contributed by atoms with Gasteiger partial charge in [-0.3, -0.25) is 4.79 Å². The van der Waals surface area contributed by atoms with Crippen LogP contribution in [0.25, 0.3) is 0 Å². The van der Waals surface area contributed by atoms with Crippen molar-refractivity contribution in [2.45, 2.75) is 32.4 Å². The SMILES string of the molecule is CC(CCc1ccccc1)NC(=O)CN1CCN(Cc2ccccc2F)C1=O. The molecule has 6 heteroatoms. The Hall–Kier alpha value is -2.89. The highest BCUT2D eigenvalue weighted by atomic mass is 19.1. The highest BCUT2D eigenvalue weighted by molar-refractivity contribution is 5.85. The molecule has 1 N–H and O–H groups in total. The quantitative estimate of drug-likeness (QED) is 0.761. The third kappa shape index (κ3) is 5.31. The van der Waals surface area contributed by atoms with Gasteiger partial charge < -0.3 is 15.1 Å². The molecule has 0 radical (unpaired) electrons. The lowest BCUT2D eigenvalue weighted by atomic mass is 10.1. The third-order valence-electron chi connectivity index (χ3n) is 4.95. The van der Waals surface area contributed by atoms with Gasteiger partial charge >= 0.3 is 6.03 Å². The van der Waals surface area contributed by atoms with Crippen LogP contribution in [0.3, 0.4) is 0 Å². The second kappa shape index (κ2) is 9.35. The molecule has 1 atom stereocenters. The van der Waals surface area contributed by atoms with Crippen LogP contribution in [0.15, 0.2) is 54.6 Å². The zero-order valence-electron chi connectivity index (χ0n) is 16.1. The van der Waals surface area contributed by atoms with Crippen molar-refractivity contribution in [2.75, 3.05) is 19.6 Å². The van der Waals surface area contributed by atoms with Crippen molar-refractivity contribution in [2.24, 2.45) is 0 Å². The lowest BCUT2D eigenvalue weighted by Gasteiger charge is -2.20. The number of amides is 3. The van der Waals surface area contributed by atoms with Gasteiger partial charge in [-0.25, -0.2) is 9.18 Å². The largest absolute Gasteiger partial charge is 0.352 e. The summed E-state index contributed by atoms with van der Waals surface area (Å²) >= 11 is 0. The van der Waals surface area contributed by atoms with E-state index in [2.05, 4.69) is 17.4 Å². The summed E-state index contributed by atoms with van der Waals surface area (Å²) in [6.07, 6.45) is 1.73. The number of hydrogen-bond acceptors (Lipinski definition) is 2. The molecule has 1 aliphatic rings. The molecule has 0 bridgehead atoms. The smallest absolute Gasteiger partial charge is 0.320 e. The first-order chi connectivity index (χ1) is 13.5. The van der Waals surface area contributed by atoms with Gasteiger partial charge in [-0.15, -0.1) is 0 Å². The van der Waals surface area contributed by atoms with Crippen molar-refractivity contribution in [1.82, 2.24) is 15.1 Å². The van der Waals surface area contributed by atoms with E-state index in [4.69, 9.17) is 0 Å². The lowest BCUT2D eigenvalue weighted by molar-refractivity contribution is -0.122. The average molecular weight is 383 g/mol. The number of carbonyl (C=O) groups is 2. The van der Waals surface area contributed by atoms with E-state index in [-0.39, 0.29) is 36.9 Å². The molecule has 2 aromatic carbocycles. The topological polar surface area (TPSA) is 52.7 Å². The van der Waals surface area contributed by atoms with Gasteiger partial charge in [0.25, 0.3) is 0 Å². The second-order valence-corrected chi connectivity index (χ2v) is 7.21. The van der Waals surface area contributed by atoms with Crippen molar-refractivity contribution >= 4 is 11.9 Å². The molecule has 1 fully saturated rings. The molecule has 1 aliphatic heterocycles. The Bertz CT molecular complexity index is 812. The van der Waals surface area contributed by atoms with Crippen LogP contribution in [0, 0.1) is 5.82 Å². The maximum Gasteiger partial charge on any atom is 0.320 e. The molecule has 2 aromatic rings. The Labute approximate surface area is 165 Å². The highest BCUT2D eigenvalue weighted by Gasteiger charge is 2.30. The van der Waals surface area contributed by atoms with Crippen molar-refractivity contribution < 1.29 is 14.0 Å². The standard InChI is InChI=1S/C22H26FN3O2/c1-17(11-12-18-7-3-2-4-8-18)24-21(27)16-26-14-13-25(22(26)28)15-19-9-5-6-10-20(19)23/h2-10,17H,11-16H2,1H3,(H,24,27). The monoisotopic (exact) mass is 383 g/mol. The van der Waals surface area contributed by atoms with Gasteiger partial charge in [0.2, 0.25) is 5.91 Å². The molecule has 148 valence electrons. The zero-order valence-corrected chi connectivity index (χ0v) is 16.1. The second-order valence-electron chi connectivity index (χ2n) is 7.21. The molecule has 1 saturated heterocycles. The number of nitrogens with zero attached hydrogens (tertiary/aromatic N) is 2. The normalized spacial score (nSPS) is 15.0. The van der Waals surface area contributed by atoms with Gasteiger partial charge in [-0.1, -0.05) is 48.5 Å². The molecule has 1 heterocycles. The van der Waals surface area contributed by atoms with Crippen LogP contribution >= 0.6 is 0 Å². The third-order valence-corrected chi connectivity index (χ3v) is 4.95. The summed E-state index contributed by atoms with van der Waals surface area (Å²) < 4.78 is 13.8. The summed E-state index contributed by atoms with van der Waals surface area (Å²) in [4.78, 5) is 27.9. The molecule has 1 unspecified atom stereocenters. The molecule has 5 nitrogen and oxygen atoms in total. The molecule has 0 aromatic heterocycles. The van der Waals surface area contributed by atoms with Gasteiger partial charge in [0, 0.05) is 24.7 Å². The van der Waals surface area contributed by atoms with Crippen molar-refractivity contribution in [3.8, 4) is 0 Å². The summed E-state index contributed by atoms with van der Waals surface area (Å²) in [7, 11) is 0. The van der Waals surface area contributed by atoms with Crippen LogP contribution in [0.5, 0.6) is 0 Å². The Morgan fingerprint density at radius 3 is 2.50 bits per heavy atom. The maximum atomic E-state index is 13.8. The fourth-order valence-corrected chi connectivity index (χ4v) is 3.35. The molecule has 3 rings (SSSR count).